The van der Waals surface area contributed by atoms with Crippen LogP contribution in [0.4, 0.5) is 18.9 Å². The van der Waals surface area contributed by atoms with E-state index in [1.807, 2.05) is 0 Å². The van der Waals surface area contributed by atoms with E-state index in [4.69, 9.17) is 23.2 Å². The van der Waals surface area contributed by atoms with Crippen LogP contribution < -0.4 is 5.32 Å². The molecule has 1 aromatic carbocycles. The molecule has 1 N–H and O–H groups in total. The van der Waals surface area contributed by atoms with E-state index in [2.05, 4.69) is 16.6 Å². The molecule has 0 amide bonds. The number of benzene rings is 1. The molecule has 1 unspecified atom stereocenters. The Balaban J connectivity index is 2.65. The Morgan fingerprint density at radius 3 is 2.59 bits per heavy atom. The fourth-order valence-corrected chi connectivity index (χ4v) is 1.92. The maximum absolute atomic E-state index is 12.9. The van der Waals surface area contributed by atoms with E-state index >= 15 is 0 Å². The van der Waals surface area contributed by atoms with Crippen molar-refractivity contribution in [2.45, 2.75) is 11.2 Å². The number of rotatable bonds is 0. The Kier molecular flexibility index (Phi) is 2.71. The second-order valence-electron chi connectivity index (χ2n) is 3.43. The summed E-state index contributed by atoms with van der Waals surface area (Å²) in [4.78, 5) is 0. The highest BCUT2D eigenvalue weighted by Crippen LogP contribution is 2.52. The van der Waals surface area contributed by atoms with Gasteiger partial charge in [-0.2, -0.15) is 13.2 Å². The molecule has 0 saturated carbocycles. The lowest BCUT2D eigenvalue weighted by Crippen LogP contribution is -2.43. The molecule has 17 heavy (non-hydrogen) atoms. The first-order valence-corrected chi connectivity index (χ1v) is 5.20. The van der Waals surface area contributed by atoms with Gasteiger partial charge in [-0.05, 0) is 24.8 Å². The zero-order valence-electron chi connectivity index (χ0n) is 8.24. The molecule has 0 aromatic heterocycles. The van der Waals surface area contributed by atoms with Gasteiger partial charge in [0, 0.05) is 16.3 Å². The van der Waals surface area contributed by atoms with E-state index in [0.717, 1.165) is 6.07 Å². The SMILES string of the molecule is C=C1Nc2ccc(Cl)cc2C(Cl)(C(F)(F)F)O1. The van der Waals surface area contributed by atoms with E-state index < -0.39 is 11.2 Å². The molecule has 1 aromatic rings. The van der Waals surface area contributed by atoms with Crippen molar-refractivity contribution in [1.29, 1.82) is 0 Å². The van der Waals surface area contributed by atoms with Crippen molar-refractivity contribution in [1.82, 2.24) is 0 Å². The monoisotopic (exact) mass is 283 g/mol. The van der Waals surface area contributed by atoms with Crippen LogP contribution in [-0.2, 0) is 9.80 Å². The number of ether oxygens (including phenoxy) is 1. The molecule has 1 heterocycles. The Bertz CT molecular complexity index is 489. The summed E-state index contributed by atoms with van der Waals surface area (Å²) in [5, 5.41) is -0.273. The maximum atomic E-state index is 12.9. The topological polar surface area (TPSA) is 21.3 Å². The summed E-state index contributed by atoms with van der Waals surface area (Å²) < 4.78 is 43.4. The van der Waals surface area contributed by atoms with Gasteiger partial charge < -0.3 is 10.1 Å². The van der Waals surface area contributed by atoms with Crippen molar-refractivity contribution in [2.75, 3.05) is 5.32 Å². The lowest BCUT2D eigenvalue weighted by atomic mass is 10.0. The van der Waals surface area contributed by atoms with E-state index in [9.17, 15) is 13.2 Å². The molecular formula is C10H6Cl2F3NO. The first-order chi connectivity index (χ1) is 7.74. The number of halogens is 5. The van der Waals surface area contributed by atoms with E-state index in [0.29, 0.717) is 0 Å². The minimum atomic E-state index is -4.79. The summed E-state index contributed by atoms with van der Waals surface area (Å²) in [7, 11) is 0. The molecule has 0 radical (unpaired) electrons. The quantitative estimate of drug-likeness (QED) is 0.721. The standard InChI is InChI=1S/C10H6Cl2F3NO/c1-5-16-8-3-2-6(11)4-7(8)9(12,17-5)10(13,14)15/h2-4,16H,1H2. The smallest absolute Gasteiger partial charge is 0.443 e. The summed E-state index contributed by atoms with van der Waals surface area (Å²) in [5.41, 5.74) is -0.121. The lowest BCUT2D eigenvalue weighted by molar-refractivity contribution is -0.235. The average molecular weight is 284 g/mol. The Labute approximate surface area is 105 Å². The van der Waals surface area contributed by atoms with Crippen LogP contribution in [0.3, 0.4) is 0 Å². The van der Waals surface area contributed by atoms with Crippen molar-refractivity contribution in [3.05, 3.63) is 41.2 Å². The number of fused-ring (bicyclic) bond motifs is 1. The molecule has 2 nitrogen and oxygen atoms in total. The van der Waals surface area contributed by atoms with E-state index in [-0.39, 0.29) is 22.2 Å². The van der Waals surface area contributed by atoms with Crippen molar-refractivity contribution in [3.63, 3.8) is 0 Å². The normalized spacial score (nSPS) is 23.7. The summed E-state index contributed by atoms with van der Waals surface area (Å²) in [6.45, 7) is 3.29. The van der Waals surface area contributed by atoms with Gasteiger partial charge >= 0.3 is 11.2 Å². The summed E-state index contributed by atoms with van der Waals surface area (Å²) in [6, 6.07) is 3.94. The third kappa shape index (κ3) is 1.93. The first-order valence-electron chi connectivity index (χ1n) is 4.44. The molecule has 2 rings (SSSR count). The lowest BCUT2D eigenvalue weighted by Gasteiger charge is -2.36. The van der Waals surface area contributed by atoms with Crippen LogP contribution in [0.2, 0.25) is 5.02 Å². The average Bonchev–Trinajstić information content (AvgIpc) is 2.17. The fourth-order valence-electron chi connectivity index (χ4n) is 1.50. The van der Waals surface area contributed by atoms with Gasteiger partial charge in [0.1, 0.15) is 0 Å². The molecule has 1 aliphatic rings. The predicted molar refractivity (Wildman–Crippen MR) is 58.9 cm³/mol. The van der Waals surface area contributed by atoms with Gasteiger partial charge in [-0.3, -0.25) is 0 Å². The molecule has 1 aliphatic heterocycles. The largest absolute Gasteiger partial charge is 0.448 e. The highest BCUT2D eigenvalue weighted by atomic mass is 35.5. The van der Waals surface area contributed by atoms with Crippen LogP contribution >= 0.6 is 23.2 Å². The summed E-state index contributed by atoms with van der Waals surface area (Å²) in [6.07, 6.45) is -4.79. The van der Waals surface area contributed by atoms with E-state index in [1.165, 1.54) is 12.1 Å². The highest BCUT2D eigenvalue weighted by molar-refractivity contribution is 6.31. The van der Waals surface area contributed by atoms with Gasteiger partial charge in [0.15, 0.2) is 5.88 Å². The maximum Gasteiger partial charge on any atom is 0.448 e. The third-order valence-corrected chi connectivity index (χ3v) is 2.96. The molecule has 92 valence electrons. The predicted octanol–water partition coefficient (Wildman–Crippen LogP) is 4.21. The summed E-state index contributed by atoms with van der Waals surface area (Å²) >= 11 is 11.2. The number of anilines is 1. The van der Waals surface area contributed by atoms with Crippen molar-refractivity contribution in [3.8, 4) is 0 Å². The third-order valence-electron chi connectivity index (χ3n) is 2.23. The van der Waals surface area contributed by atoms with Gasteiger partial charge in [0.2, 0.25) is 0 Å². The van der Waals surface area contributed by atoms with Crippen LogP contribution in [0.15, 0.2) is 30.7 Å². The second-order valence-corrected chi connectivity index (χ2v) is 4.40. The molecule has 7 heteroatoms. The van der Waals surface area contributed by atoms with Crippen LogP contribution in [0.25, 0.3) is 0 Å². The first kappa shape index (κ1) is 12.4. The van der Waals surface area contributed by atoms with Crippen LogP contribution in [0, 0.1) is 0 Å². The molecule has 0 aliphatic carbocycles. The molecule has 0 saturated heterocycles. The van der Waals surface area contributed by atoms with E-state index in [1.54, 1.807) is 0 Å². The van der Waals surface area contributed by atoms with Gasteiger partial charge in [-0.15, -0.1) is 0 Å². The van der Waals surface area contributed by atoms with Gasteiger partial charge in [-0.1, -0.05) is 23.2 Å². The van der Waals surface area contributed by atoms with Crippen LogP contribution in [0.5, 0.6) is 0 Å². The Hall–Kier alpha value is -1.07. The molecule has 0 fully saturated rings. The zero-order valence-corrected chi connectivity index (χ0v) is 9.75. The van der Waals surface area contributed by atoms with Crippen LogP contribution in [-0.4, -0.2) is 6.18 Å². The Morgan fingerprint density at radius 1 is 1.35 bits per heavy atom. The second kappa shape index (κ2) is 3.71. The minimum Gasteiger partial charge on any atom is -0.443 e. The van der Waals surface area contributed by atoms with Crippen LogP contribution in [0.1, 0.15) is 5.56 Å². The van der Waals surface area contributed by atoms with Gasteiger partial charge in [0.25, 0.3) is 0 Å². The van der Waals surface area contributed by atoms with Gasteiger partial charge in [0.05, 0.1) is 0 Å². The van der Waals surface area contributed by atoms with Gasteiger partial charge in [-0.25, -0.2) is 0 Å². The fraction of sp³-hybridized carbons (Fsp3) is 0.200. The molecule has 1 atom stereocenters. The van der Waals surface area contributed by atoms with Crippen molar-refractivity contribution < 1.29 is 17.9 Å². The minimum absolute atomic E-state index is 0.135. The number of alkyl halides is 4. The molecule has 0 bridgehead atoms. The highest BCUT2D eigenvalue weighted by Gasteiger charge is 2.60. The summed E-state index contributed by atoms with van der Waals surface area (Å²) in [5.74, 6) is -0.271. The number of nitrogens with one attached hydrogen (secondary N) is 1. The van der Waals surface area contributed by atoms with Crippen molar-refractivity contribution >= 4 is 28.9 Å². The molecule has 0 spiro atoms. The number of hydrogen-bond donors (Lipinski definition) is 1. The zero-order chi connectivity index (χ0) is 12.8. The Morgan fingerprint density at radius 2 is 2.00 bits per heavy atom. The number of hydrogen-bond acceptors (Lipinski definition) is 2. The van der Waals surface area contributed by atoms with Crippen molar-refractivity contribution in [2.24, 2.45) is 0 Å². The molecular weight excluding hydrogens is 278 g/mol.